The SMILES string of the molecule is c1cc(OCC2CNC2)c2oncc2c1. The van der Waals surface area contributed by atoms with Gasteiger partial charge in [-0.1, -0.05) is 11.2 Å². The lowest BCUT2D eigenvalue weighted by Gasteiger charge is -2.26. The Kier molecular flexibility index (Phi) is 2.07. The number of ether oxygens (including phenoxy) is 1. The van der Waals surface area contributed by atoms with Gasteiger partial charge >= 0.3 is 0 Å². The zero-order valence-corrected chi connectivity index (χ0v) is 8.27. The molecule has 4 nitrogen and oxygen atoms in total. The van der Waals surface area contributed by atoms with Crippen molar-refractivity contribution in [3.63, 3.8) is 0 Å². The lowest BCUT2D eigenvalue weighted by Crippen LogP contribution is -2.45. The molecule has 0 aliphatic carbocycles. The van der Waals surface area contributed by atoms with Gasteiger partial charge in [0.15, 0.2) is 5.75 Å². The van der Waals surface area contributed by atoms with Crippen LogP contribution >= 0.6 is 0 Å². The minimum absolute atomic E-state index is 0.628. The molecular formula is C11H12N2O2. The van der Waals surface area contributed by atoms with Gasteiger partial charge in [-0.15, -0.1) is 0 Å². The molecule has 0 saturated carbocycles. The molecule has 1 fully saturated rings. The summed E-state index contributed by atoms with van der Waals surface area (Å²) in [6.45, 7) is 2.84. The monoisotopic (exact) mass is 204 g/mol. The van der Waals surface area contributed by atoms with Crippen LogP contribution in [0.25, 0.3) is 11.0 Å². The molecule has 3 rings (SSSR count). The lowest BCUT2D eigenvalue weighted by molar-refractivity contribution is 0.198. The predicted molar refractivity (Wildman–Crippen MR) is 55.9 cm³/mol. The Labute approximate surface area is 87.2 Å². The average Bonchev–Trinajstić information content (AvgIpc) is 2.63. The number of hydrogen-bond donors (Lipinski definition) is 1. The van der Waals surface area contributed by atoms with Crippen molar-refractivity contribution in [2.45, 2.75) is 0 Å². The Balaban J connectivity index is 1.80. The van der Waals surface area contributed by atoms with Crippen LogP contribution < -0.4 is 10.1 Å². The molecule has 78 valence electrons. The van der Waals surface area contributed by atoms with Crippen molar-refractivity contribution in [2.75, 3.05) is 19.7 Å². The molecule has 1 aromatic heterocycles. The molecule has 0 atom stereocenters. The quantitative estimate of drug-likeness (QED) is 0.821. The summed E-state index contributed by atoms with van der Waals surface area (Å²) in [5.74, 6) is 1.42. The van der Waals surface area contributed by atoms with Gasteiger partial charge in [0.1, 0.15) is 0 Å². The Morgan fingerprint density at radius 1 is 1.47 bits per heavy atom. The fourth-order valence-electron chi connectivity index (χ4n) is 1.66. The van der Waals surface area contributed by atoms with Crippen LogP contribution in [0.4, 0.5) is 0 Å². The van der Waals surface area contributed by atoms with Crippen LogP contribution in [0.2, 0.25) is 0 Å². The highest BCUT2D eigenvalue weighted by atomic mass is 16.5. The van der Waals surface area contributed by atoms with Crippen molar-refractivity contribution in [1.82, 2.24) is 10.5 Å². The van der Waals surface area contributed by atoms with E-state index in [0.717, 1.165) is 36.4 Å². The molecule has 4 heteroatoms. The normalized spacial score (nSPS) is 16.5. The second-order valence-corrected chi connectivity index (χ2v) is 3.84. The second-order valence-electron chi connectivity index (χ2n) is 3.84. The Hall–Kier alpha value is -1.55. The maximum atomic E-state index is 5.71. The van der Waals surface area contributed by atoms with Crippen LogP contribution in [0.3, 0.4) is 0 Å². The Morgan fingerprint density at radius 3 is 3.20 bits per heavy atom. The van der Waals surface area contributed by atoms with Crippen molar-refractivity contribution in [3.05, 3.63) is 24.4 Å². The van der Waals surface area contributed by atoms with E-state index in [1.165, 1.54) is 0 Å². The largest absolute Gasteiger partial charge is 0.489 e. The van der Waals surface area contributed by atoms with E-state index in [1.54, 1.807) is 6.20 Å². The minimum atomic E-state index is 0.628. The molecule has 15 heavy (non-hydrogen) atoms. The highest BCUT2D eigenvalue weighted by Gasteiger charge is 2.18. The smallest absolute Gasteiger partial charge is 0.208 e. The first kappa shape index (κ1) is 8.73. The van der Waals surface area contributed by atoms with Gasteiger partial charge in [0.05, 0.1) is 12.8 Å². The molecular weight excluding hydrogens is 192 g/mol. The summed E-state index contributed by atoms with van der Waals surface area (Å²) in [4.78, 5) is 0. The van der Waals surface area contributed by atoms with Crippen molar-refractivity contribution in [1.29, 1.82) is 0 Å². The summed E-state index contributed by atoms with van der Waals surface area (Å²) < 4.78 is 10.9. The first-order valence-corrected chi connectivity index (χ1v) is 5.10. The molecule has 0 unspecified atom stereocenters. The minimum Gasteiger partial charge on any atom is -0.489 e. The molecule has 2 aromatic rings. The summed E-state index contributed by atoms with van der Waals surface area (Å²) in [6.07, 6.45) is 1.70. The molecule has 0 spiro atoms. The maximum absolute atomic E-state index is 5.71. The van der Waals surface area contributed by atoms with Gasteiger partial charge in [-0.3, -0.25) is 0 Å². The van der Waals surface area contributed by atoms with E-state index in [-0.39, 0.29) is 0 Å². The number of nitrogens with zero attached hydrogens (tertiary/aromatic N) is 1. The molecule has 2 heterocycles. The topological polar surface area (TPSA) is 47.3 Å². The third kappa shape index (κ3) is 1.57. The standard InChI is InChI=1S/C11H12N2O2/c1-2-9-6-13-15-11(9)10(3-1)14-7-8-4-12-5-8/h1-3,6,8,12H,4-5,7H2. The lowest BCUT2D eigenvalue weighted by atomic mass is 10.1. The fraction of sp³-hybridized carbons (Fsp3) is 0.364. The van der Waals surface area contributed by atoms with Gasteiger partial charge in [-0.05, 0) is 12.1 Å². The van der Waals surface area contributed by atoms with Crippen LogP contribution in [0.15, 0.2) is 28.9 Å². The number of para-hydroxylation sites is 1. The number of nitrogens with one attached hydrogen (secondary N) is 1. The number of rotatable bonds is 3. The van der Waals surface area contributed by atoms with E-state index < -0.39 is 0 Å². The third-order valence-corrected chi connectivity index (χ3v) is 2.69. The van der Waals surface area contributed by atoms with Gasteiger partial charge in [0.25, 0.3) is 0 Å². The van der Waals surface area contributed by atoms with Gasteiger partial charge in [-0.2, -0.15) is 0 Å². The first-order chi connectivity index (χ1) is 7.43. The molecule has 1 aliphatic heterocycles. The summed E-state index contributed by atoms with van der Waals surface area (Å²) in [5.41, 5.74) is 0.741. The summed E-state index contributed by atoms with van der Waals surface area (Å²) in [7, 11) is 0. The second kappa shape index (κ2) is 3.55. The van der Waals surface area contributed by atoms with Crippen LogP contribution in [0, 0.1) is 5.92 Å². The summed E-state index contributed by atoms with van der Waals surface area (Å²) in [5, 5.41) is 7.96. The highest BCUT2D eigenvalue weighted by molar-refractivity contribution is 5.81. The molecule has 0 bridgehead atoms. The van der Waals surface area contributed by atoms with Crippen molar-refractivity contribution >= 4 is 11.0 Å². The zero-order valence-electron chi connectivity index (χ0n) is 8.27. The van der Waals surface area contributed by atoms with Crippen molar-refractivity contribution in [3.8, 4) is 5.75 Å². The van der Waals surface area contributed by atoms with E-state index >= 15 is 0 Å². The third-order valence-electron chi connectivity index (χ3n) is 2.69. The highest BCUT2D eigenvalue weighted by Crippen LogP contribution is 2.25. The fourth-order valence-corrected chi connectivity index (χ4v) is 1.66. The predicted octanol–water partition coefficient (Wildman–Crippen LogP) is 1.43. The number of aromatic nitrogens is 1. The van der Waals surface area contributed by atoms with E-state index in [9.17, 15) is 0 Å². The van der Waals surface area contributed by atoms with Crippen molar-refractivity contribution < 1.29 is 9.26 Å². The van der Waals surface area contributed by atoms with E-state index in [2.05, 4.69) is 10.5 Å². The summed E-state index contributed by atoms with van der Waals surface area (Å²) in [6, 6.07) is 5.83. The summed E-state index contributed by atoms with van der Waals surface area (Å²) >= 11 is 0. The first-order valence-electron chi connectivity index (χ1n) is 5.10. The van der Waals surface area contributed by atoms with Gasteiger partial charge in [-0.25, -0.2) is 0 Å². The van der Waals surface area contributed by atoms with Gasteiger partial charge in [0.2, 0.25) is 5.58 Å². The molecule has 1 saturated heterocycles. The Bertz CT molecular complexity index is 462. The number of hydrogen-bond acceptors (Lipinski definition) is 4. The molecule has 0 amide bonds. The molecule has 1 aromatic carbocycles. The maximum Gasteiger partial charge on any atom is 0.208 e. The van der Waals surface area contributed by atoms with E-state index in [1.807, 2.05) is 18.2 Å². The zero-order chi connectivity index (χ0) is 10.1. The molecule has 0 radical (unpaired) electrons. The Morgan fingerprint density at radius 2 is 2.40 bits per heavy atom. The van der Waals surface area contributed by atoms with Crippen LogP contribution in [-0.2, 0) is 0 Å². The van der Waals surface area contributed by atoms with Crippen LogP contribution in [0.5, 0.6) is 5.75 Å². The van der Waals surface area contributed by atoms with Crippen molar-refractivity contribution in [2.24, 2.45) is 5.92 Å². The average molecular weight is 204 g/mol. The van der Waals surface area contributed by atoms with Crippen LogP contribution in [-0.4, -0.2) is 24.9 Å². The number of fused-ring (bicyclic) bond motifs is 1. The molecule has 1 N–H and O–H groups in total. The van der Waals surface area contributed by atoms with E-state index in [0.29, 0.717) is 5.92 Å². The molecule has 1 aliphatic rings. The van der Waals surface area contributed by atoms with Gasteiger partial charge in [0, 0.05) is 24.4 Å². The number of benzene rings is 1. The van der Waals surface area contributed by atoms with E-state index in [4.69, 9.17) is 9.26 Å². The van der Waals surface area contributed by atoms with Gasteiger partial charge < -0.3 is 14.6 Å². The van der Waals surface area contributed by atoms with Crippen LogP contribution in [0.1, 0.15) is 0 Å².